The molecule has 7 nitrogen and oxygen atoms in total. The summed E-state index contributed by atoms with van der Waals surface area (Å²) in [5, 5.41) is 2.29. The van der Waals surface area contributed by atoms with Gasteiger partial charge >= 0.3 is 6.03 Å². The maximum absolute atomic E-state index is 13.2. The standard InChI is InChI=1S/C28H30N4O3/c1-6-30(7-2)22-12-14-23(15-13-22)31-19(4)16-21(20(31)5)17-25-26(33)29-28(35)32(27(25)34)24-10-8-18(3)9-11-24/h8-17H,6-7H2,1-5H3,(H,29,33,35)/b25-17+. The molecule has 3 aromatic rings. The van der Waals surface area contributed by atoms with Crippen molar-refractivity contribution in [1.29, 1.82) is 0 Å². The van der Waals surface area contributed by atoms with Crippen LogP contribution in [0.15, 0.2) is 60.2 Å². The molecule has 1 fully saturated rings. The maximum atomic E-state index is 13.2. The number of urea groups is 1. The molecular formula is C28H30N4O3. The summed E-state index contributed by atoms with van der Waals surface area (Å²) in [5.41, 5.74) is 6.10. The first-order valence-corrected chi connectivity index (χ1v) is 11.8. The van der Waals surface area contributed by atoms with Crippen molar-refractivity contribution in [3.8, 4) is 5.69 Å². The number of imide groups is 2. The van der Waals surface area contributed by atoms with Crippen LogP contribution < -0.4 is 15.1 Å². The lowest BCUT2D eigenvalue weighted by Gasteiger charge is -2.26. The Morgan fingerprint density at radius 3 is 2.06 bits per heavy atom. The van der Waals surface area contributed by atoms with Crippen LogP contribution in [0.2, 0.25) is 0 Å². The van der Waals surface area contributed by atoms with Crippen molar-refractivity contribution in [2.24, 2.45) is 0 Å². The molecule has 1 N–H and O–H groups in total. The van der Waals surface area contributed by atoms with Crippen LogP contribution in [0.5, 0.6) is 0 Å². The second kappa shape index (κ2) is 9.62. The normalized spacial score (nSPS) is 15.1. The minimum absolute atomic E-state index is 0.0812. The highest BCUT2D eigenvalue weighted by Gasteiger charge is 2.37. The molecule has 1 saturated heterocycles. The summed E-state index contributed by atoms with van der Waals surface area (Å²) in [7, 11) is 0. The average Bonchev–Trinajstić information content (AvgIpc) is 3.11. The molecule has 0 atom stereocenters. The van der Waals surface area contributed by atoms with Crippen molar-refractivity contribution < 1.29 is 14.4 Å². The minimum atomic E-state index is -0.750. The fraction of sp³-hybridized carbons (Fsp3) is 0.250. The summed E-state index contributed by atoms with van der Waals surface area (Å²) in [5.74, 6) is -1.34. The second-order valence-corrected chi connectivity index (χ2v) is 8.64. The van der Waals surface area contributed by atoms with E-state index in [0.29, 0.717) is 5.69 Å². The van der Waals surface area contributed by atoms with Gasteiger partial charge in [0.25, 0.3) is 11.8 Å². The molecule has 1 aliphatic rings. The van der Waals surface area contributed by atoms with Gasteiger partial charge in [0.1, 0.15) is 5.57 Å². The van der Waals surface area contributed by atoms with Gasteiger partial charge in [0, 0.05) is 35.9 Å². The number of nitrogens with one attached hydrogen (secondary N) is 1. The summed E-state index contributed by atoms with van der Waals surface area (Å²) in [6.45, 7) is 12.0. The van der Waals surface area contributed by atoms with Crippen LogP contribution in [0.1, 0.15) is 36.4 Å². The van der Waals surface area contributed by atoms with E-state index in [2.05, 4.69) is 52.9 Å². The monoisotopic (exact) mass is 470 g/mol. The maximum Gasteiger partial charge on any atom is 0.335 e. The molecule has 1 aromatic heterocycles. The number of hydrogen-bond donors (Lipinski definition) is 1. The number of carbonyl (C=O) groups is 3. The van der Waals surface area contributed by atoms with E-state index in [1.54, 1.807) is 18.2 Å². The Kier molecular flexibility index (Phi) is 6.60. The van der Waals surface area contributed by atoms with E-state index in [9.17, 15) is 14.4 Å². The van der Waals surface area contributed by atoms with Gasteiger partial charge in [-0.2, -0.15) is 0 Å². The Morgan fingerprint density at radius 2 is 1.46 bits per heavy atom. The minimum Gasteiger partial charge on any atom is -0.372 e. The van der Waals surface area contributed by atoms with E-state index in [1.165, 1.54) is 0 Å². The lowest BCUT2D eigenvalue weighted by molar-refractivity contribution is -0.122. The van der Waals surface area contributed by atoms with Crippen molar-refractivity contribution in [2.45, 2.75) is 34.6 Å². The summed E-state index contributed by atoms with van der Waals surface area (Å²) in [4.78, 5) is 41.6. The lowest BCUT2D eigenvalue weighted by atomic mass is 10.1. The van der Waals surface area contributed by atoms with Crippen molar-refractivity contribution in [3.05, 3.63) is 82.7 Å². The van der Waals surface area contributed by atoms with Crippen molar-refractivity contribution in [2.75, 3.05) is 22.9 Å². The van der Waals surface area contributed by atoms with Crippen molar-refractivity contribution in [3.63, 3.8) is 0 Å². The predicted octanol–water partition coefficient (Wildman–Crippen LogP) is 4.92. The molecule has 0 spiro atoms. The Labute approximate surface area is 205 Å². The number of carbonyl (C=O) groups excluding carboxylic acids is 3. The third kappa shape index (κ3) is 4.49. The van der Waals surface area contributed by atoms with Crippen LogP contribution in [0, 0.1) is 20.8 Å². The summed E-state index contributed by atoms with van der Waals surface area (Å²) < 4.78 is 2.09. The quantitative estimate of drug-likeness (QED) is 0.410. The van der Waals surface area contributed by atoms with E-state index in [-0.39, 0.29) is 5.57 Å². The molecule has 0 aliphatic carbocycles. The van der Waals surface area contributed by atoms with Gasteiger partial charge in [0.2, 0.25) is 0 Å². The number of benzene rings is 2. The Balaban J connectivity index is 1.70. The van der Waals surface area contributed by atoms with Crippen molar-refractivity contribution in [1.82, 2.24) is 9.88 Å². The van der Waals surface area contributed by atoms with Gasteiger partial charge in [0.15, 0.2) is 0 Å². The van der Waals surface area contributed by atoms with Crippen LogP contribution in [0.3, 0.4) is 0 Å². The summed E-state index contributed by atoms with van der Waals surface area (Å²) in [6, 6.07) is 16.5. The van der Waals surface area contributed by atoms with Gasteiger partial charge in [-0.05, 0) is 88.7 Å². The zero-order chi connectivity index (χ0) is 25.3. The summed E-state index contributed by atoms with van der Waals surface area (Å²) >= 11 is 0. The van der Waals surface area contributed by atoms with Gasteiger partial charge in [-0.1, -0.05) is 17.7 Å². The van der Waals surface area contributed by atoms with Crippen LogP contribution in [-0.2, 0) is 9.59 Å². The second-order valence-electron chi connectivity index (χ2n) is 8.64. The van der Waals surface area contributed by atoms with E-state index in [4.69, 9.17) is 0 Å². The van der Waals surface area contributed by atoms with E-state index in [0.717, 1.165) is 51.9 Å². The molecule has 0 unspecified atom stereocenters. The van der Waals surface area contributed by atoms with E-state index >= 15 is 0 Å². The molecular weight excluding hydrogens is 440 g/mol. The molecule has 1 aliphatic heterocycles. The number of amides is 4. The molecule has 4 amide bonds. The lowest BCUT2D eigenvalue weighted by Crippen LogP contribution is -2.54. The molecule has 35 heavy (non-hydrogen) atoms. The first kappa shape index (κ1) is 24.0. The zero-order valence-corrected chi connectivity index (χ0v) is 20.8. The first-order chi connectivity index (χ1) is 16.7. The Bertz CT molecular complexity index is 1310. The Hall–Kier alpha value is -4.13. The topological polar surface area (TPSA) is 74.7 Å². The number of aromatic nitrogens is 1. The number of barbiturate groups is 1. The van der Waals surface area contributed by atoms with Gasteiger partial charge in [-0.15, -0.1) is 0 Å². The average molecular weight is 471 g/mol. The molecule has 0 bridgehead atoms. The smallest absolute Gasteiger partial charge is 0.335 e. The summed E-state index contributed by atoms with van der Waals surface area (Å²) in [6.07, 6.45) is 1.56. The molecule has 7 heteroatoms. The highest BCUT2D eigenvalue weighted by atomic mass is 16.2. The van der Waals surface area contributed by atoms with Crippen LogP contribution in [0.4, 0.5) is 16.2 Å². The molecule has 2 aromatic carbocycles. The van der Waals surface area contributed by atoms with Gasteiger partial charge in [0.05, 0.1) is 5.69 Å². The fourth-order valence-corrected chi connectivity index (χ4v) is 4.47. The first-order valence-electron chi connectivity index (χ1n) is 11.8. The zero-order valence-electron chi connectivity index (χ0n) is 20.8. The number of aryl methyl sites for hydroxylation is 2. The highest BCUT2D eigenvalue weighted by Crippen LogP contribution is 2.27. The largest absolute Gasteiger partial charge is 0.372 e. The van der Waals surface area contributed by atoms with Gasteiger partial charge < -0.3 is 9.47 Å². The molecule has 0 radical (unpaired) electrons. The Morgan fingerprint density at radius 1 is 0.857 bits per heavy atom. The predicted molar refractivity (Wildman–Crippen MR) is 139 cm³/mol. The number of hydrogen-bond acceptors (Lipinski definition) is 4. The van der Waals surface area contributed by atoms with Gasteiger partial charge in [-0.25, -0.2) is 9.69 Å². The van der Waals surface area contributed by atoms with Crippen molar-refractivity contribution >= 4 is 35.3 Å². The number of nitrogens with zero attached hydrogens (tertiary/aromatic N) is 3. The third-order valence-corrected chi connectivity index (χ3v) is 6.40. The van der Waals surface area contributed by atoms with E-state index in [1.807, 2.05) is 39.0 Å². The van der Waals surface area contributed by atoms with Crippen LogP contribution in [-0.4, -0.2) is 35.5 Å². The molecule has 180 valence electrons. The van der Waals surface area contributed by atoms with Gasteiger partial charge in [-0.3, -0.25) is 14.9 Å². The number of rotatable bonds is 6. The fourth-order valence-electron chi connectivity index (χ4n) is 4.47. The molecule has 0 saturated carbocycles. The van der Waals surface area contributed by atoms with Crippen LogP contribution in [0.25, 0.3) is 11.8 Å². The van der Waals surface area contributed by atoms with E-state index < -0.39 is 17.8 Å². The molecule has 4 rings (SSSR count). The highest BCUT2D eigenvalue weighted by molar-refractivity contribution is 6.39. The third-order valence-electron chi connectivity index (χ3n) is 6.40. The number of anilines is 2. The van der Waals surface area contributed by atoms with Crippen LogP contribution >= 0.6 is 0 Å². The SMILES string of the molecule is CCN(CC)c1ccc(-n2c(C)cc(/C=C3\C(=O)NC(=O)N(c4ccc(C)cc4)C3=O)c2C)cc1. The molecule has 2 heterocycles.